The van der Waals surface area contributed by atoms with Crippen LogP contribution >= 0.6 is 22.9 Å². The molecule has 0 unspecified atom stereocenters. The smallest absolute Gasteiger partial charge is 0.315 e. The van der Waals surface area contributed by atoms with Crippen molar-refractivity contribution in [1.29, 1.82) is 0 Å². The SMILES string of the molecule is CCN(C(=O)Cn1cnc2c1c(=O)n(C)c(=O)n2C)c1nc2cc(Cl)ccc2s1. The molecule has 0 radical (unpaired) electrons. The molecule has 3 aromatic heterocycles. The predicted octanol–water partition coefficient (Wildman–Crippen LogP) is 1.75. The monoisotopic (exact) mass is 432 g/mol. The molecule has 9 nitrogen and oxygen atoms in total. The van der Waals surface area contributed by atoms with Crippen LogP contribution < -0.4 is 16.1 Å². The molecule has 0 aliphatic carbocycles. The lowest BCUT2D eigenvalue weighted by Gasteiger charge is -2.18. The number of fused-ring (bicyclic) bond motifs is 2. The van der Waals surface area contributed by atoms with Crippen molar-refractivity contribution in [2.75, 3.05) is 11.4 Å². The highest BCUT2D eigenvalue weighted by molar-refractivity contribution is 7.22. The van der Waals surface area contributed by atoms with Crippen LogP contribution in [0.25, 0.3) is 21.4 Å². The van der Waals surface area contributed by atoms with Gasteiger partial charge in [-0.2, -0.15) is 0 Å². The Kier molecular flexibility index (Phi) is 4.75. The fourth-order valence-electron chi connectivity index (χ4n) is 3.17. The highest BCUT2D eigenvalue weighted by atomic mass is 35.5. The standard InChI is InChI=1S/C18H17ClN6O3S/c1-4-25(17-21-11-7-10(19)5-6-12(11)29-17)13(26)8-24-9-20-15-14(24)16(27)23(3)18(28)22(15)2/h5-7,9H,4,8H2,1-3H3. The summed E-state index contributed by atoms with van der Waals surface area (Å²) in [5.74, 6) is -0.243. The molecule has 4 rings (SSSR count). The van der Waals surface area contributed by atoms with E-state index in [2.05, 4.69) is 9.97 Å². The summed E-state index contributed by atoms with van der Waals surface area (Å²) >= 11 is 7.42. The van der Waals surface area contributed by atoms with Crippen LogP contribution in [0.2, 0.25) is 5.02 Å². The van der Waals surface area contributed by atoms with Gasteiger partial charge in [0.25, 0.3) is 5.56 Å². The Morgan fingerprint density at radius 3 is 2.72 bits per heavy atom. The van der Waals surface area contributed by atoms with Gasteiger partial charge in [-0.1, -0.05) is 22.9 Å². The van der Waals surface area contributed by atoms with E-state index < -0.39 is 11.2 Å². The van der Waals surface area contributed by atoms with Crippen LogP contribution in [0.3, 0.4) is 0 Å². The molecule has 4 aromatic rings. The third-order valence-electron chi connectivity index (χ3n) is 4.71. The number of hydrogen-bond donors (Lipinski definition) is 0. The van der Waals surface area contributed by atoms with Gasteiger partial charge in [0.1, 0.15) is 6.54 Å². The largest absolute Gasteiger partial charge is 0.332 e. The average molecular weight is 433 g/mol. The normalized spacial score (nSPS) is 11.4. The fourth-order valence-corrected chi connectivity index (χ4v) is 4.36. The second-order valence-corrected chi connectivity index (χ2v) is 7.94. The molecule has 150 valence electrons. The Morgan fingerprint density at radius 2 is 2.00 bits per heavy atom. The number of halogens is 1. The van der Waals surface area contributed by atoms with Gasteiger partial charge in [-0.3, -0.25) is 23.6 Å². The van der Waals surface area contributed by atoms with E-state index in [4.69, 9.17) is 11.6 Å². The summed E-state index contributed by atoms with van der Waals surface area (Å²) in [6.07, 6.45) is 1.40. The topological polar surface area (TPSA) is 95.0 Å². The second-order valence-electron chi connectivity index (χ2n) is 6.50. The number of amides is 1. The van der Waals surface area contributed by atoms with Gasteiger partial charge in [-0.15, -0.1) is 0 Å². The maximum Gasteiger partial charge on any atom is 0.332 e. The van der Waals surface area contributed by atoms with Crippen molar-refractivity contribution < 1.29 is 4.79 Å². The fraction of sp³-hybridized carbons (Fsp3) is 0.278. The zero-order valence-electron chi connectivity index (χ0n) is 15.9. The zero-order valence-corrected chi connectivity index (χ0v) is 17.5. The molecule has 0 aliphatic heterocycles. The van der Waals surface area contributed by atoms with Crippen LogP contribution in [0.1, 0.15) is 6.92 Å². The molecule has 0 atom stereocenters. The molecular weight excluding hydrogens is 416 g/mol. The number of benzene rings is 1. The maximum absolute atomic E-state index is 13.0. The molecule has 3 heterocycles. The minimum atomic E-state index is -0.494. The summed E-state index contributed by atoms with van der Waals surface area (Å²) in [4.78, 5) is 47.9. The lowest BCUT2D eigenvalue weighted by atomic mass is 10.3. The highest BCUT2D eigenvalue weighted by Gasteiger charge is 2.21. The van der Waals surface area contributed by atoms with Crippen molar-refractivity contribution >= 4 is 55.4 Å². The molecule has 11 heteroatoms. The van der Waals surface area contributed by atoms with Crippen LogP contribution in [0.5, 0.6) is 0 Å². The highest BCUT2D eigenvalue weighted by Crippen LogP contribution is 2.30. The summed E-state index contributed by atoms with van der Waals surface area (Å²) in [5.41, 5.74) is 0.202. The molecule has 0 saturated carbocycles. The summed E-state index contributed by atoms with van der Waals surface area (Å²) in [6.45, 7) is 2.16. The number of hydrogen-bond acceptors (Lipinski definition) is 6. The Hall–Kier alpha value is -2.98. The molecule has 0 bridgehead atoms. The van der Waals surface area contributed by atoms with Crippen molar-refractivity contribution in [1.82, 2.24) is 23.7 Å². The Morgan fingerprint density at radius 1 is 1.24 bits per heavy atom. The first-order valence-corrected chi connectivity index (χ1v) is 9.98. The number of imidazole rings is 1. The lowest BCUT2D eigenvalue weighted by molar-refractivity contribution is -0.119. The number of aromatic nitrogens is 5. The van der Waals surface area contributed by atoms with E-state index in [0.29, 0.717) is 16.7 Å². The molecule has 1 amide bonds. The third-order valence-corrected chi connectivity index (χ3v) is 6.00. The van der Waals surface area contributed by atoms with E-state index in [-0.39, 0.29) is 23.6 Å². The van der Waals surface area contributed by atoms with Crippen LogP contribution in [0.4, 0.5) is 5.13 Å². The molecule has 1 aromatic carbocycles. The molecular formula is C18H17ClN6O3S. The summed E-state index contributed by atoms with van der Waals surface area (Å²) in [7, 11) is 2.93. The van der Waals surface area contributed by atoms with Gasteiger partial charge >= 0.3 is 5.69 Å². The number of nitrogens with zero attached hydrogens (tertiary/aromatic N) is 6. The summed E-state index contributed by atoms with van der Waals surface area (Å²) in [6, 6.07) is 5.40. The number of thiazole rings is 1. The summed E-state index contributed by atoms with van der Waals surface area (Å²) < 4.78 is 4.67. The zero-order chi connectivity index (χ0) is 20.9. The Balaban J connectivity index is 1.72. The maximum atomic E-state index is 13.0. The molecule has 0 fully saturated rings. The molecule has 0 N–H and O–H groups in total. The number of aryl methyl sites for hydroxylation is 1. The Labute approximate surface area is 173 Å². The minimum Gasteiger partial charge on any atom is -0.315 e. The first-order chi connectivity index (χ1) is 13.8. The number of anilines is 1. The quantitative estimate of drug-likeness (QED) is 0.489. The van der Waals surface area contributed by atoms with Gasteiger partial charge in [0.05, 0.1) is 16.5 Å². The first kappa shape index (κ1) is 19.3. The van der Waals surface area contributed by atoms with Gasteiger partial charge in [0.2, 0.25) is 5.91 Å². The van der Waals surface area contributed by atoms with E-state index in [0.717, 1.165) is 14.8 Å². The van der Waals surface area contributed by atoms with Crippen LogP contribution in [-0.4, -0.2) is 36.1 Å². The average Bonchev–Trinajstić information content (AvgIpc) is 3.29. The van der Waals surface area contributed by atoms with Crippen LogP contribution in [0.15, 0.2) is 34.1 Å². The number of likely N-dealkylation sites (N-methyl/N-ethyl adjacent to an activating group) is 1. The third kappa shape index (κ3) is 3.14. The molecule has 29 heavy (non-hydrogen) atoms. The molecule has 0 spiro atoms. The van der Waals surface area contributed by atoms with Gasteiger partial charge in [0, 0.05) is 25.7 Å². The van der Waals surface area contributed by atoms with Crippen LogP contribution in [-0.2, 0) is 25.4 Å². The van der Waals surface area contributed by atoms with E-state index in [9.17, 15) is 14.4 Å². The van der Waals surface area contributed by atoms with Crippen molar-refractivity contribution in [3.05, 3.63) is 50.4 Å². The number of carbonyl (C=O) groups is 1. The van der Waals surface area contributed by atoms with Crippen molar-refractivity contribution in [3.8, 4) is 0 Å². The predicted molar refractivity (Wildman–Crippen MR) is 113 cm³/mol. The number of carbonyl (C=O) groups excluding carboxylic acids is 1. The molecule has 0 saturated heterocycles. The van der Waals surface area contributed by atoms with Gasteiger partial charge < -0.3 is 4.57 Å². The van der Waals surface area contributed by atoms with Crippen molar-refractivity contribution in [3.63, 3.8) is 0 Å². The van der Waals surface area contributed by atoms with Crippen molar-refractivity contribution in [2.24, 2.45) is 14.1 Å². The van der Waals surface area contributed by atoms with Crippen molar-refractivity contribution in [2.45, 2.75) is 13.5 Å². The first-order valence-electron chi connectivity index (χ1n) is 8.79. The van der Waals surface area contributed by atoms with E-state index in [1.165, 1.54) is 40.9 Å². The number of rotatable bonds is 4. The second kappa shape index (κ2) is 7.12. The van der Waals surface area contributed by atoms with E-state index in [1.54, 1.807) is 17.0 Å². The van der Waals surface area contributed by atoms with E-state index >= 15 is 0 Å². The summed E-state index contributed by atoms with van der Waals surface area (Å²) in [5, 5.41) is 1.13. The van der Waals surface area contributed by atoms with Gasteiger partial charge in [0.15, 0.2) is 16.3 Å². The van der Waals surface area contributed by atoms with Crippen LogP contribution in [0, 0.1) is 0 Å². The molecule has 0 aliphatic rings. The lowest BCUT2D eigenvalue weighted by Crippen LogP contribution is -2.38. The minimum absolute atomic E-state index is 0.103. The van der Waals surface area contributed by atoms with E-state index in [1.807, 2.05) is 13.0 Å². The van der Waals surface area contributed by atoms with Gasteiger partial charge in [-0.05, 0) is 25.1 Å². The Bertz CT molecular complexity index is 1380. The van der Waals surface area contributed by atoms with Gasteiger partial charge in [-0.25, -0.2) is 14.8 Å².